The first-order valence-electron chi connectivity index (χ1n) is 13.7. The van der Waals surface area contributed by atoms with Gasteiger partial charge in [0.15, 0.2) is 5.17 Å². The number of rotatable bonds is 6. The fourth-order valence-corrected chi connectivity index (χ4v) is 6.24. The van der Waals surface area contributed by atoms with Crippen molar-refractivity contribution in [3.05, 3.63) is 132 Å². The van der Waals surface area contributed by atoms with Crippen LogP contribution in [0.3, 0.4) is 0 Å². The van der Waals surface area contributed by atoms with Crippen LogP contribution in [-0.4, -0.2) is 34.2 Å². The van der Waals surface area contributed by atoms with E-state index < -0.39 is 0 Å². The van der Waals surface area contributed by atoms with Crippen molar-refractivity contribution >= 4 is 40.1 Å². The van der Waals surface area contributed by atoms with E-state index in [1.807, 2.05) is 116 Å². The first-order valence-corrected chi connectivity index (χ1v) is 14.7. The monoisotopic (exact) mass is 558 g/mol. The Morgan fingerprint density at radius 2 is 1.37 bits per heavy atom. The summed E-state index contributed by atoms with van der Waals surface area (Å²) in [6.07, 6.45) is 1.02. The van der Waals surface area contributed by atoms with E-state index in [-0.39, 0.29) is 17.9 Å². The smallest absolute Gasteiger partial charge is 0.255 e. The molecule has 4 aromatic rings. The topological polar surface area (TPSA) is 73.8 Å². The number of allylic oxidation sites excluding steroid dienone is 1. The average Bonchev–Trinajstić information content (AvgIpc) is 3.02. The van der Waals surface area contributed by atoms with Gasteiger partial charge >= 0.3 is 0 Å². The van der Waals surface area contributed by atoms with Gasteiger partial charge < -0.3 is 15.5 Å². The van der Waals surface area contributed by atoms with Crippen LogP contribution in [0.25, 0.3) is 11.1 Å². The minimum Gasteiger partial charge on any atom is -0.340 e. The zero-order chi connectivity index (χ0) is 28.2. The first kappa shape index (κ1) is 26.6. The zero-order valence-corrected chi connectivity index (χ0v) is 23.5. The standard InChI is InChI=1S/C34H30N4O2S/c1-23-30(33(40)37-28-11-6-3-7-12-28)31(38-21-8-22-41-34(38)35-23)26-17-19-29(20-18-26)36-32(39)27-15-13-25(14-16-27)24-9-4-2-5-10-24/h2-7,9-20,31H,8,21-22H2,1H3,(H,36,39)(H,37,40). The number of nitrogens with zero attached hydrogens (tertiary/aromatic N) is 2. The summed E-state index contributed by atoms with van der Waals surface area (Å²) < 4.78 is 0. The third-order valence-electron chi connectivity index (χ3n) is 7.27. The number of carbonyl (C=O) groups excluding carboxylic acids is 2. The largest absolute Gasteiger partial charge is 0.340 e. The average molecular weight is 559 g/mol. The van der Waals surface area contributed by atoms with E-state index in [0.717, 1.165) is 52.0 Å². The maximum Gasteiger partial charge on any atom is 0.255 e. The van der Waals surface area contributed by atoms with Gasteiger partial charge in [-0.25, -0.2) is 4.99 Å². The molecule has 2 aliphatic heterocycles. The van der Waals surface area contributed by atoms with Crippen molar-refractivity contribution in [1.82, 2.24) is 4.90 Å². The van der Waals surface area contributed by atoms with Crippen LogP contribution in [0.4, 0.5) is 11.4 Å². The number of thioether (sulfide) groups is 1. The summed E-state index contributed by atoms with van der Waals surface area (Å²) in [5.41, 5.74) is 6.53. The molecule has 0 spiro atoms. The molecule has 6 rings (SSSR count). The van der Waals surface area contributed by atoms with Crippen molar-refractivity contribution in [2.24, 2.45) is 4.99 Å². The molecule has 1 saturated heterocycles. The Kier molecular flexibility index (Phi) is 7.69. The summed E-state index contributed by atoms with van der Waals surface area (Å²) in [4.78, 5) is 33.6. The minimum atomic E-state index is -0.269. The van der Waals surface area contributed by atoms with Crippen LogP contribution in [0.15, 0.2) is 125 Å². The predicted octanol–water partition coefficient (Wildman–Crippen LogP) is 7.37. The highest BCUT2D eigenvalue weighted by Gasteiger charge is 2.37. The Bertz CT molecular complexity index is 1620. The van der Waals surface area contributed by atoms with Gasteiger partial charge in [-0.15, -0.1) is 0 Å². The number of fused-ring (bicyclic) bond motifs is 1. The number of carbonyl (C=O) groups is 2. The number of hydrogen-bond donors (Lipinski definition) is 2. The van der Waals surface area contributed by atoms with Crippen LogP contribution in [0.5, 0.6) is 0 Å². The highest BCUT2D eigenvalue weighted by atomic mass is 32.2. The minimum absolute atomic E-state index is 0.159. The van der Waals surface area contributed by atoms with E-state index in [1.165, 1.54) is 0 Å². The van der Waals surface area contributed by atoms with Crippen molar-refractivity contribution in [2.75, 3.05) is 22.9 Å². The number of hydrogen-bond acceptors (Lipinski definition) is 5. The summed E-state index contributed by atoms with van der Waals surface area (Å²) in [6, 6.07) is 34.7. The van der Waals surface area contributed by atoms with E-state index in [0.29, 0.717) is 16.8 Å². The van der Waals surface area contributed by atoms with E-state index in [9.17, 15) is 9.59 Å². The molecule has 0 bridgehead atoms. The van der Waals surface area contributed by atoms with Crippen molar-refractivity contribution in [2.45, 2.75) is 19.4 Å². The molecule has 0 saturated carbocycles. The van der Waals surface area contributed by atoms with E-state index in [2.05, 4.69) is 15.5 Å². The molecule has 2 aliphatic rings. The SMILES string of the molecule is CC1=C(C(=O)Nc2ccccc2)C(c2ccc(NC(=O)c3ccc(-c4ccccc4)cc3)cc2)N2CCCSC2=N1. The fourth-order valence-electron chi connectivity index (χ4n) is 5.22. The Balaban J connectivity index is 1.22. The summed E-state index contributed by atoms with van der Waals surface area (Å²) in [6.45, 7) is 2.73. The molecule has 1 unspecified atom stereocenters. The number of anilines is 2. The highest BCUT2D eigenvalue weighted by Crippen LogP contribution is 2.40. The maximum absolute atomic E-state index is 13.6. The van der Waals surface area contributed by atoms with Crippen molar-refractivity contribution in [3.63, 3.8) is 0 Å². The van der Waals surface area contributed by atoms with Gasteiger partial charge in [-0.05, 0) is 66.4 Å². The maximum atomic E-state index is 13.6. The molecule has 1 fully saturated rings. The fraction of sp³-hybridized carbons (Fsp3) is 0.147. The number of amides is 2. The molecule has 2 N–H and O–H groups in total. The molecular formula is C34H30N4O2S. The van der Waals surface area contributed by atoms with Gasteiger partial charge in [-0.1, -0.05) is 84.6 Å². The lowest BCUT2D eigenvalue weighted by molar-refractivity contribution is -0.113. The molecule has 0 radical (unpaired) electrons. The van der Waals surface area contributed by atoms with Crippen LogP contribution >= 0.6 is 11.8 Å². The van der Waals surface area contributed by atoms with Crippen LogP contribution in [0, 0.1) is 0 Å². The summed E-state index contributed by atoms with van der Waals surface area (Å²) in [5.74, 6) is 0.682. The quantitative estimate of drug-likeness (QED) is 0.259. The highest BCUT2D eigenvalue weighted by molar-refractivity contribution is 8.13. The summed E-state index contributed by atoms with van der Waals surface area (Å²) in [5, 5.41) is 7.01. The Labute approximate surface area is 244 Å². The second kappa shape index (κ2) is 11.9. The number of nitrogens with one attached hydrogen (secondary N) is 2. The molecular weight excluding hydrogens is 528 g/mol. The molecule has 6 nitrogen and oxygen atoms in total. The van der Waals surface area contributed by atoms with E-state index in [1.54, 1.807) is 11.8 Å². The lowest BCUT2D eigenvalue weighted by Crippen LogP contribution is -2.43. The number of amidine groups is 1. The number of benzene rings is 4. The van der Waals surface area contributed by atoms with Gasteiger partial charge in [0.25, 0.3) is 11.8 Å². The van der Waals surface area contributed by atoms with Crippen molar-refractivity contribution in [1.29, 1.82) is 0 Å². The summed E-state index contributed by atoms with van der Waals surface area (Å²) >= 11 is 1.73. The molecule has 2 heterocycles. The van der Waals surface area contributed by atoms with Gasteiger partial charge in [0, 0.05) is 29.2 Å². The molecule has 0 aliphatic carbocycles. The Morgan fingerprint density at radius 3 is 2.07 bits per heavy atom. The van der Waals surface area contributed by atoms with Gasteiger partial charge in [-0.3, -0.25) is 9.59 Å². The second-order valence-electron chi connectivity index (χ2n) is 10.0. The van der Waals surface area contributed by atoms with Crippen LogP contribution in [0.2, 0.25) is 0 Å². The molecule has 204 valence electrons. The molecule has 0 aromatic heterocycles. The van der Waals surface area contributed by atoms with Crippen molar-refractivity contribution < 1.29 is 9.59 Å². The Morgan fingerprint density at radius 1 is 0.756 bits per heavy atom. The molecule has 1 atom stereocenters. The first-order chi connectivity index (χ1) is 20.1. The molecule has 41 heavy (non-hydrogen) atoms. The lowest BCUT2D eigenvalue weighted by atomic mass is 9.93. The van der Waals surface area contributed by atoms with Gasteiger partial charge in [0.2, 0.25) is 0 Å². The Hall–Kier alpha value is -4.62. The summed E-state index contributed by atoms with van der Waals surface area (Å²) in [7, 11) is 0. The second-order valence-corrected chi connectivity index (χ2v) is 11.1. The van der Waals surface area contributed by atoms with Crippen LogP contribution in [0.1, 0.15) is 35.3 Å². The molecule has 7 heteroatoms. The van der Waals surface area contributed by atoms with Gasteiger partial charge in [0.05, 0.1) is 17.3 Å². The number of aliphatic imine (C=N–C) groups is 1. The van der Waals surface area contributed by atoms with Crippen LogP contribution < -0.4 is 10.6 Å². The lowest BCUT2D eigenvalue weighted by Gasteiger charge is -2.40. The van der Waals surface area contributed by atoms with Gasteiger partial charge in [0.1, 0.15) is 0 Å². The van der Waals surface area contributed by atoms with E-state index >= 15 is 0 Å². The molecule has 2 amide bonds. The van der Waals surface area contributed by atoms with Crippen molar-refractivity contribution in [3.8, 4) is 11.1 Å². The van der Waals surface area contributed by atoms with Crippen LogP contribution in [-0.2, 0) is 4.79 Å². The van der Waals surface area contributed by atoms with Gasteiger partial charge in [-0.2, -0.15) is 0 Å². The third-order valence-corrected chi connectivity index (χ3v) is 8.35. The number of para-hydroxylation sites is 1. The van der Waals surface area contributed by atoms with E-state index in [4.69, 9.17) is 4.99 Å². The third kappa shape index (κ3) is 5.81. The normalized spacial score (nSPS) is 16.5. The predicted molar refractivity (Wildman–Crippen MR) is 168 cm³/mol. The zero-order valence-electron chi connectivity index (χ0n) is 22.7. The molecule has 4 aromatic carbocycles.